The number of hydrogen-bond acceptors (Lipinski definition) is 4. The van der Waals surface area contributed by atoms with Crippen LogP contribution in [0.4, 0.5) is 5.13 Å². The minimum Gasteiger partial charge on any atom is -0.362 e. The van der Waals surface area contributed by atoms with Crippen molar-refractivity contribution in [3.63, 3.8) is 0 Å². The van der Waals surface area contributed by atoms with Gasteiger partial charge in [0.05, 0.1) is 5.69 Å². The van der Waals surface area contributed by atoms with Gasteiger partial charge in [-0.1, -0.05) is 6.07 Å². The lowest BCUT2D eigenvalue weighted by atomic mass is 10.3. The van der Waals surface area contributed by atoms with E-state index in [1.807, 2.05) is 23.6 Å². The molecule has 4 heteroatoms. The van der Waals surface area contributed by atoms with Crippen molar-refractivity contribution in [2.45, 2.75) is 6.92 Å². The van der Waals surface area contributed by atoms with Gasteiger partial charge in [0.25, 0.3) is 0 Å². The predicted molar refractivity (Wildman–Crippen MR) is 59.5 cm³/mol. The largest absolute Gasteiger partial charge is 0.362 e. The summed E-state index contributed by atoms with van der Waals surface area (Å²) in [6.45, 7) is 2.96. The number of nitrogens with zero attached hydrogens (tertiary/aromatic N) is 2. The Hall–Kier alpha value is -1.42. The summed E-state index contributed by atoms with van der Waals surface area (Å²) in [6.07, 6.45) is 1.78. The number of aromatic nitrogens is 2. The van der Waals surface area contributed by atoms with Crippen molar-refractivity contribution in [2.75, 3.05) is 11.9 Å². The Morgan fingerprint density at radius 2 is 2.29 bits per heavy atom. The molecular weight excluding hydrogens is 194 g/mol. The van der Waals surface area contributed by atoms with Crippen molar-refractivity contribution >= 4 is 16.5 Å². The summed E-state index contributed by atoms with van der Waals surface area (Å²) in [7, 11) is 0. The summed E-state index contributed by atoms with van der Waals surface area (Å²) in [5, 5.41) is 6.14. The molecule has 0 saturated carbocycles. The molecule has 2 aromatic rings. The minimum atomic E-state index is 0.898. The van der Waals surface area contributed by atoms with Crippen molar-refractivity contribution in [1.29, 1.82) is 0 Å². The molecule has 0 unspecified atom stereocenters. The number of pyridine rings is 1. The second kappa shape index (κ2) is 4.19. The number of nitrogens with one attached hydrogen (secondary N) is 1. The van der Waals surface area contributed by atoms with E-state index in [-0.39, 0.29) is 0 Å². The van der Waals surface area contributed by atoms with Gasteiger partial charge in [-0.3, -0.25) is 4.98 Å². The van der Waals surface area contributed by atoms with Crippen LogP contribution in [0.25, 0.3) is 11.4 Å². The van der Waals surface area contributed by atoms with Crippen molar-refractivity contribution in [3.05, 3.63) is 29.8 Å². The molecule has 0 aliphatic heterocycles. The van der Waals surface area contributed by atoms with Crippen molar-refractivity contribution in [3.8, 4) is 11.4 Å². The fourth-order valence-electron chi connectivity index (χ4n) is 1.14. The average molecular weight is 205 g/mol. The minimum absolute atomic E-state index is 0.898. The summed E-state index contributed by atoms with van der Waals surface area (Å²) in [6, 6.07) is 5.83. The lowest BCUT2D eigenvalue weighted by Gasteiger charge is -1.95. The number of thiazole rings is 1. The Morgan fingerprint density at radius 3 is 3.00 bits per heavy atom. The molecule has 0 bridgehead atoms. The Labute approximate surface area is 86.8 Å². The topological polar surface area (TPSA) is 37.8 Å². The summed E-state index contributed by atoms with van der Waals surface area (Å²) in [5.74, 6) is 0. The first kappa shape index (κ1) is 9.15. The summed E-state index contributed by atoms with van der Waals surface area (Å²) >= 11 is 1.61. The average Bonchev–Trinajstić information content (AvgIpc) is 2.68. The first-order valence-corrected chi connectivity index (χ1v) is 5.39. The molecule has 0 aromatic carbocycles. The van der Waals surface area contributed by atoms with E-state index < -0.39 is 0 Å². The third-order valence-corrected chi connectivity index (χ3v) is 2.56. The highest BCUT2D eigenvalue weighted by molar-refractivity contribution is 7.14. The monoisotopic (exact) mass is 205 g/mol. The molecule has 2 aromatic heterocycles. The molecule has 0 spiro atoms. The molecule has 0 fully saturated rings. The lowest BCUT2D eigenvalue weighted by molar-refractivity contribution is 1.18. The first-order valence-electron chi connectivity index (χ1n) is 4.51. The van der Waals surface area contributed by atoms with E-state index in [1.54, 1.807) is 17.5 Å². The summed E-state index contributed by atoms with van der Waals surface area (Å²) in [5.41, 5.74) is 1.86. The van der Waals surface area contributed by atoms with E-state index in [0.717, 1.165) is 23.1 Å². The van der Waals surface area contributed by atoms with Gasteiger partial charge in [0.2, 0.25) is 0 Å². The van der Waals surface area contributed by atoms with Crippen LogP contribution in [0.2, 0.25) is 0 Å². The molecule has 0 atom stereocenters. The van der Waals surface area contributed by atoms with Gasteiger partial charge in [-0.05, 0) is 19.1 Å². The Kier molecular flexibility index (Phi) is 2.74. The van der Waals surface area contributed by atoms with Crippen LogP contribution in [0.15, 0.2) is 29.8 Å². The van der Waals surface area contributed by atoms with Crippen LogP contribution in [0.3, 0.4) is 0 Å². The molecule has 72 valence electrons. The van der Waals surface area contributed by atoms with Gasteiger partial charge in [0, 0.05) is 18.1 Å². The summed E-state index contributed by atoms with van der Waals surface area (Å²) in [4.78, 5) is 8.65. The fraction of sp³-hybridized carbons (Fsp3) is 0.200. The molecule has 2 rings (SSSR count). The maximum Gasteiger partial charge on any atom is 0.183 e. The number of hydrogen-bond donors (Lipinski definition) is 1. The highest BCUT2D eigenvalue weighted by Crippen LogP contribution is 2.22. The molecule has 0 aliphatic carbocycles. The van der Waals surface area contributed by atoms with Gasteiger partial charge in [-0.25, -0.2) is 4.98 Å². The lowest BCUT2D eigenvalue weighted by Crippen LogP contribution is -1.95. The van der Waals surface area contributed by atoms with Gasteiger partial charge >= 0.3 is 0 Å². The molecule has 2 heterocycles. The van der Waals surface area contributed by atoms with Crippen molar-refractivity contribution < 1.29 is 0 Å². The molecule has 1 N–H and O–H groups in total. The van der Waals surface area contributed by atoms with Crippen LogP contribution >= 0.6 is 11.3 Å². The van der Waals surface area contributed by atoms with Gasteiger partial charge < -0.3 is 5.32 Å². The predicted octanol–water partition coefficient (Wildman–Crippen LogP) is 2.64. The van der Waals surface area contributed by atoms with Crippen LogP contribution in [0.5, 0.6) is 0 Å². The maximum atomic E-state index is 4.42. The standard InChI is InChI=1S/C10H11N3S/c1-2-11-10-13-9(7-14-10)8-5-3-4-6-12-8/h3-7H,2H2,1H3,(H,11,13). The first-order chi connectivity index (χ1) is 6.90. The zero-order valence-electron chi connectivity index (χ0n) is 7.90. The molecule has 14 heavy (non-hydrogen) atoms. The molecule has 0 radical (unpaired) electrons. The third kappa shape index (κ3) is 1.90. The Bertz CT molecular complexity index is 397. The maximum absolute atomic E-state index is 4.42. The van der Waals surface area contributed by atoms with Crippen LogP contribution in [0.1, 0.15) is 6.92 Å². The van der Waals surface area contributed by atoms with Gasteiger partial charge in [0.1, 0.15) is 5.69 Å². The molecular formula is C10H11N3S. The highest BCUT2D eigenvalue weighted by Gasteiger charge is 2.03. The van der Waals surface area contributed by atoms with Crippen molar-refractivity contribution in [2.24, 2.45) is 0 Å². The quantitative estimate of drug-likeness (QED) is 0.837. The van der Waals surface area contributed by atoms with E-state index in [0.29, 0.717) is 0 Å². The van der Waals surface area contributed by atoms with Gasteiger partial charge in [-0.2, -0.15) is 0 Å². The van der Waals surface area contributed by atoms with Crippen LogP contribution in [-0.2, 0) is 0 Å². The third-order valence-electron chi connectivity index (χ3n) is 1.76. The Morgan fingerprint density at radius 1 is 1.36 bits per heavy atom. The molecule has 3 nitrogen and oxygen atoms in total. The van der Waals surface area contributed by atoms with E-state index in [4.69, 9.17) is 0 Å². The van der Waals surface area contributed by atoms with Crippen LogP contribution in [0, 0.1) is 0 Å². The van der Waals surface area contributed by atoms with Gasteiger partial charge in [0.15, 0.2) is 5.13 Å². The normalized spacial score (nSPS) is 10.1. The fourth-order valence-corrected chi connectivity index (χ4v) is 1.91. The smallest absolute Gasteiger partial charge is 0.183 e. The Balaban J connectivity index is 2.25. The molecule has 0 amide bonds. The number of anilines is 1. The second-order valence-electron chi connectivity index (χ2n) is 2.78. The van der Waals surface area contributed by atoms with E-state index in [2.05, 4.69) is 22.2 Å². The SMILES string of the molecule is CCNc1nc(-c2ccccn2)cs1. The zero-order chi connectivity index (χ0) is 9.80. The molecule has 0 saturated heterocycles. The van der Waals surface area contributed by atoms with E-state index in [1.165, 1.54) is 0 Å². The zero-order valence-corrected chi connectivity index (χ0v) is 8.71. The second-order valence-corrected chi connectivity index (χ2v) is 3.64. The van der Waals surface area contributed by atoms with E-state index in [9.17, 15) is 0 Å². The molecule has 0 aliphatic rings. The van der Waals surface area contributed by atoms with Crippen LogP contribution in [-0.4, -0.2) is 16.5 Å². The van der Waals surface area contributed by atoms with Crippen molar-refractivity contribution in [1.82, 2.24) is 9.97 Å². The van der Waals surface area contributed by atoms with E-state index >= 15 is 0 Å². The number of rotatable bonds is 3. The highest BCUT2D eigenvalue weighted by atomic mass is 32.1. The van der Waals surface area contributed by atoms with Gasteiger partial charge in [-0.15, -0.1) is 11.3 Å². The summed E-state index contributed by atoms with van der Waals surface area (Å²) < 4.78 is 0. The van der Waals surface area contributed by atoms with Crippen LogP contribution < -0.4 is 5.32 Å².